The van der Waals surface area contributed by atoms with Crippen molar-refractivity contribution in [1.29, 1.82) is 0 Å². The Hall–Kier alpha value is -2.39. The van der Waals surface area contributed by atoms with Gasteiger partial charge < -0.3 is 0 Å². The molecule has 2 aromatic carbocycles. The molecule has 0 fully saturated rings. The van der Waals surface area contributed by atoms with E-state index in [1.807, 2.05) is 47.8 Å². The predicted molar refractivity (Wildman–Crippen MR) is 101 cm³/mol. The molecule has 3 aromatic rings. The molecule has 0 bridgehead atoms. The van der Waals surface area contributed by atoms with Gasteiger partial charge in [0.2, 0.25) is 0 Å². The summed E-state index contributed by atoms with van der Waals surface area (Å²) in [4.78, 5) is 1.20. The predicted octanol–water partition coefficient (Wildman–Crippen LogP) is 5.27. The summed E-state index contributed by atoms with van der Waals surface area (Å²) >= 11 is 3.37. The Labute approximate surface area is 145 Å². The van der Waals surface area contributed by atoms with Gasteiger partial charge in [0.05, 0.1) is 0 Å². The van der Waals surface area contributed by atoms with Crippen LogP contribution in [0.5, 0.6) is 0 Å². The standard InChI is InChI=1S/C21H14S2/c1-22-21-9-5-4-8-20(21)13-12-19-7-3-2-6-18(19)11-10-17-14-15-23-16-17/h2-9,14-16H,1H3. The lowest BCUT2D eigenvalue weighted by Gasteiger charge is -1.99. The SMILES string of the molecule is CSc1ccccc1C#Cc1ccccc1C#Cc1ccsc1. The second-order valence-electron chi connectivity index (χ2n) is 4.76. The van der Waals surface area contributed by atoms with Crippen molar-refractivity contribution in [2.45, 2.75) is 4.90 Å². The third-order valence-corrected chi connectivity index (χ3v) is 4.71. The maximum atomic E-state index is 3.28. The van der Waals surface area contributed by atoms with Gasteiger partial charge in [-0.1, -0.05) is 47.9 Å². The molecular formula is C21H14S2. The highest BCUT2D eigenvalue weighted by atomic mass is 32.2. The molecule has 0 atom stereocenters. The van der Waals surface area contributed by atoms with E-state index < -0.39 is 0 Å². The number of hydrogen-bond donors (Lipinski definition) is 0. The summed E-state index contributed by atoms with van der Waals surface area (Å²) in [7, 11) is 0. The van der Waals surface area contributed by atoms with Gasteiger partial charge in [-0.3, -0.25) is 0 Å². The van der Waals surface area contributed by atoms with Crippen LogP contribution in [0.4, 0.5) is 0 Å². The van der Waals surface area contributed by atoms with E-state index in [1.165, 1.54) is 4.90 Å². The fourth-order valence-corrected chi connectivity index (χ4v) is 3.20. The van der Waals surface area contributed by atoms with E-state index in [4.69, 9.17) is 0 Å². The number of rotatable bonds is 1. The summed E-state index contributed by atoms with van der Waals surface area (Å²) in [6.45, 7) is 0. The quantitative estimate of drug-likeness (QED) is 0.433. The van der Waals surface area contributed by atoms with Crippen molar-refractivity contribution in [1.82, 2.24) is 0 Å². The monoisotopic (exact) mass is 330 g/mol. The van der Waals surface area contributed by atoms with Crippen LogP contribution >= 0.6 is 23.1 Å². The molecule has 0 aliphatic rings. The average Bonchev–Trinajstić information content (AvgIpc) is 3.12. The minimum atomic E-state index is 0.964. The normalized spacial score (nSPS) is 9.43. The van der Waals surface area contributed by atoms with Gasteiger partial charge in [-0.2, -0.15) is 11.3 Å². The lowest BCUT2D eigenvalue weighted by Crippen LogP contribution is -1.84. The van der Waals surface area contributed by atoms with Crippen molar-refractivity contribution in [3.63, 3.8) is 0 Å². The number of thiophene rings is 1. The average molecular weight is 330 g/mol. The van der Waals surface area contributed by atoms with Crippen LogP contribution in [0.25, 0.3) is 0 Å². The van der Waals surface area contributed by atoms with Crippen LogP contribution in [0.15, 0.2) is 70.3 Å². The van der Waals surface area contributed by atoms with Crippen molar-refractivity contribution in [2.75, 3.05) is 6.26 Å². The van der Waals surface area contributed by atoms with Crippen molar-refractivity contribution in [3.05, 3.63) is 87.6 Å². The first kappa shape index (κ1) is 15.5. The maximum Gasteiger partial charge on any atom is 0.0405 e. The third-order valence-electron chi connectivity index (χ3n) is 3.23. The fraction of sp³-hybridized carbons (Fsp3) is 0.0476. The van der Waals surface area contributed by atoms with Crippen LogP contribution in [0.1, 0.15) is 22.3 Å². The molecule has 0 aliphatic carbocycles. The number of thioether (sulfide) groups is 1. The fourth-order valence-electron chi connectivity index (χ4n) is 2.06. The zero-order chi connectivity index (χ0) is 15.9. The van der Waals surface area contributed by atoms with Gasteiger partial charge in [-0.05, 0) is 42.0 Å². The van der Waals surface area contributed by atoms with Crippen LogP contribution in [0.3, 0.4) is 0 Å². The van der Waals surface area contributed by atoms with Gasteiger partial charge in [-0.15, -0.1) is 11.8 Å². The molecule has 0 saturated carbocycles. The molecule has 0 spiro atoms. The van der Waals surface area contributed by atoms with Crippen LogP contribution in [0, 0.1) is 23.7 Å². The van der Waals surface area contributed by atoms with Crippen molar-refractivity contribution < 1.29 is 0 Å². The summed E-state index contributed by atoms with van der Waals surface area (Å²) < 4.78 is 0. The highest BCUT2D eigenvalue weighted by Gasteiger charge is 1.98. The van der Waals surface area contributed by atoms with Gasteiger partial charge in [0.25, 0.3) is 0 Å². The first-order valence-electron chi connectivity index (χ1n) is 7.15. The summed E-state index contributed by atoms with van der Waals surface area (Å²) in [5.74, 6) is 13.0. The smallest absolute Gasteiger partial charge is 0.0405 e. The first-order chi connectivity index (χ1) is 11.4. The van der Waals surface area contributed by atoms with Gasteiger partial charge in [0.1, 0.15) is 0 Å². The molecule has 23 heavy (non-hydrogen) atoms. The van der Waals surface area contributed by atoms with Crippen molar-refractivity contribution in [2.24, 2.45) is 0 Å². The van der Waals surface area contributed by atoms with Crippen molar-refractivity contribution >= 4 is 23.1 Å². The lowest BCUT2D eigenvalue weighted by molar-refractivity contribution is 1.42. The molecule has 0 N–H and O–H groups in total. The van der Waals surface area contributed by atoms with Gasteiger partial charge in [0.15, 0.2) is 0 Å². The molecule has 0 aliphatic heterocycles. The Bertz CT molecular complexity index is 913. The van der Waals surface area contributed by atoms with E-state index in [0.29, 0.717) is 0 Å². The molecule has 110 valence electrons. The van der Waals surface area contributed by atoms with E-state index in [0.717, 1.165) is 22.3 Å². The number of benzene rings is 2. The van der Waals surface area contributed by atoms with Gasteiger partial charge in [0, 0.05) is 32.5 Å². The summed E-state index contributed by atoms with van der Waals surface area (Å²) in [6, 6.07) is 18.3. The molecular weight excluding hydrogens is 316 g/mol. The molecule has 3 rings (SSSR count). The summed E-state index contributed by atoms with van der Waals surface area (Å²) in [6.07, 6.45) is 2.07. The van der Waals surface area contributed by atoms with Crippen LogP contribution in [-0.4, -0.2) is 6.26 Å². The Balaban J connectivity index is 1.94. The Morgan fingerprint density at radius 3 is 2.00 bits per heavy atom. The second-order valence-corrected chi connectivity index (χ2v) is 6.39. The minimum absolute atomic E-state index is 0.964. The summed E-state index contributed by atoms with van der Waals surface area (Å²) in [5, 5.41) is 4.09. The Morgan fingerprint density at radius 1 is 0.739 bits per heavy atom. The van der Waals surface area contributed by atoms with Gasteiger partial charge in [-0.25, -0.2) is 0 Å². The topological polar surface area (TPSA) is 0 Å². The molecule has 0 radical (unpaired) electrons. The molecule has 0 saturated heterocycles. The molecule has 2 heteroatoms. The van der Waals surface area contributed by atoms with Crippen LogP contribution in [-0.2, 0) is 0 Å². The first-order valence-corrected chi connectivity index (χ1v) is 9.32. The molecule has 0 amide bonds. The van der Waals surface area contributed by atoms with E-state index in [1.54, 1.807) is 23.1 Å². The van der Waals surface area contributed by atoms with Crippen LogP contribution < -0.4 is 0 Å². The molecule has 1 aromatic heterocycles. The minimum Gasteiger partial charge on any atom is -0.151 e. The summed E-state index contributed by atoms with van der Waals surface area (Å²) in [5.41, 5.74) is 4.03. The van der Waals surface area contributed by atoms with Gasteiger partial charge >= 0.3 is 0 Å². The lowest BCUT2D eigenvalue weighted by atomic mass is 10.1. The third kappa shape index (κ3) is 4.08. The maximum absolute atomic E-state index is 3.28. The zero-order valence-electron chi connectivity index (χ0n) is 12.7. The van der Waals surface area contributed by atoms with E-state index in [9.17, 15) is 0 Å². The molecule has 0 unspecified atom stereocenters. The molecule has 1 heterocycles. The van der Waals surface area contributed by atoms with Crippen molar-refractivity contribution in [3.8, 4) is 23.7 Å². The second kappa shape index (κ2) is 7.75. The highest BCUT2D eigenvalue weighted by molar-refractivity contribution is 7.98. The molecule has 0 nitrogen and oxygen atoms in total. The Kier molecular flexibility index (Phi) is 5.22. The number of hydrogen-bond acceptors (Lipinski definition) is 2. The largest absolute Gasteiger partial charge is 0.151 e. The van der Waals surface area contributed by atoms with Crippen LogP contribution in [0.2, 0.25) is 0 Å². The van der Waals surface area contributed by atoms with E-state index >= 15 is 0 Å². The zero-order valence-corrected chi connectivity index (χ0v) is 14.3. The highest BCUT2D eigenvalue weighted by Crippen LogP contribution is 2.19. The van der Waals surface area contributed by atoms with E-state index in [2.05, 4.69) is 47.5 Å². The van der Waals surface area contributed by atoms with E-state index in [-0.39, 0.29) is 0 Å². The Morgan fingerprint density at radius 2 is 1.35 bits per heavy atom.